The maximum Gasteiger partial charge on any atom is 0.244 e. The van der Waals surface area contributed by atoms with Crippen molar-refractivity contribution in [3.8, 4) is 11.6 Å². The number of aromatic nitrogens is 1. The van der Waals surface area contributed by atoms with Crippen LogP contribution in [0.25, 0.3) is 5.69 Å². The van der Waals surface area contributed by atoms with Gasteiger partial charge in [-0.25, -0.2) is 9.82 Å². The third-order valence-corrected chi connectivity index (χ3v) is 6.79. The molecule has 0 saturated carbocycles. The lowest BCUT2D eigenvalue weighted by molar-refractivity contribution is -0.120. The largest absolute Gasteiger partial charge is 0.493 e. The molecule has 0 fully saturated rings. The number of nitrogens with one attached hydrogen (secondary N) is 2. The molecule has 0 aliphatic carbocycles. The van der Waals surface area contributed by atoms with E-state index in [0.29, 0.717) is 41.5 Å². The van der Waals surface area contributed by atoms with Crippen LogP contribution >= 0.6 is 46.8 Å². The van der Waals surface area contributed by atoms with Crippen molar-refractivity contribution in [2.75, 3.05) is 5.32 Å². The Morgan fingerprint density at radius 2 is 1.77 bits per heavy atom. The van der Waals surface area contributed by atoms with E-state index in [1.807, 2.05) is 18.2 Å². The van der Waals surface area contributed by atoms with E-state index in [2.05, 4.69) is 15.8 Å². The molecular formula is C24H17Cl2FN4O2S2. The molecule has 35 heavy (non-hydrogen) atoms. The van der Waals surface area contributed by atoms with Crippen LogP contribution in [0.1, 0.15) is 10.4 Å². The number of hydrogen-bond acceptors (Lipinski definition) is 6. The third kappa shape index (κ3) is 5.88. The fraction of sp³-hybridized carbons (Fsp3) is 0.0417. The summed E-state index contributed by atoms with van der Waals surface area (Å²) in [4.78, 5) is 12.9. The highest BCUT2D eigenvalue weighted by Crippen LogP contribution is 2.33. The number of nitrogens with zero attached hydrogens (tertiary/aromatic N) is 2. The maximum atomic E-state index is 13.2. The average molecular weight is 547 g/mol. The van der Waals surface area contributed by atoms with Gasteiger partial charge in [0.25, 0.3) is 0 Å². The van der Waals surface area contributed by atoms with E-state index in [1.54, 1.807) is 24.3 Å². The highest BCUT2D eigenvalue weighted by atomic mass is 35.5. The van der Waals surface area contributed by atoms with E-state index in [4.69, 9.17) is 35.4 Å². The van der Waals surface area contributed by atoms with Crippen LogP contribution < -0.4 is 10.7 Å². The lowest BCUT2D eigenvalue weighted by Gasteiger charge is -2.14. The summed E-state index contributed by atoms with van der Waals surface area (Å²) >= 11 is 18.9. The summed E-state index contributed by atoms with van der Waals surface area (Å²) in [6.07, 6.45) is 1.34. The van der Waals surface area contributed by atoms with Crippen LogP contribution in [0.2, 0.25) is 10.0 Å². The number of benzene rings is 3. The number of hydrazone groups is 1. The number of thiazole rings is 1. The van der Waals surface area contributed by atoms with Crippen molar-refractivity contribution in [3.05, 3.63) is 97.0 Å². The van der Waals surface area contributed by atoms with Gasteiger partial charge in [0, 0.05) is 5.69 Å². The molecule has 3 aromatic carbocycles. The number of hydrogen-bond donors (Lipinski definition) is 3. The first-order valence-electron chi connectivity index (χ1n) is 10.1. The smallest absolute Gasteiger partial charge is 0.244 e. The average Bonchev–Trinajstić information content (AvgIpc) is 3.11. The minimum absolute atomic E-state index is 0.0286. The predicted molar refractivity (Wildman–Crippen MR) is 142 cm³/mol. The number of carbonyl (C=O) groups excluding carboxylic acids is 1. The summed E-state index contributed by atoms with van der Waals surface area (Å²) in [5, 5.41) is 18.6. The van der Waals surface area contributed by atoms with Gasteiger partial charge in [-0.1, -0.05) is 58.8 Å². The second-order valence-corrected chi connectivity index (χ2v) is 9.71. The molecule has 0 bridgehead atoms. The van der Waals surface area contributed by atoms with E-state index >= 15 is 0 Å². The molecule has 1 aromatic heterocycles. The number of anilines is 2. The fourth-order valence-electron chi connectivity index (χ4n) is 3.21. The standard InChI is InChI=1S/C24H17Cl2FN4O2S2/c25-17-5-3-6-18(26)22(17)29-19-7-2-1-4-14(19)12-21(32)30-28-13-20-23(33)31(24(34)35-20)16-10-8-15(27)9-11-16/h1-11,13,29,33H,12H2,(H,30,32)/b28-13+. The van der Waals surface area contributed by atoms with Gasteiger partial charge in [-0.2, -0.15) is 5.10 Å². The van der Waals surface area contributed by atoms with Crippen LogP contribution in [0, 0.1) is 9.77 Å². The molecule has 0 saturated heterocycles. The summed E-state index contributed by atoms with van der Waals surface area (Å²) in [6, 6.07) is 18.0. The molecule has 3 N–H and O–H groups in total. The van der Waals surface area contributed by atoms with Crippen molar-refractivity contribution in [2.24, 2.45) is 5.10 Å². The number of amides is 1. The van der Waals surface area contributed by atoms with Crippen molar-refractivity contribution < 1.29 is 14.3 Å². The topological polar surface area (TPSA) is 78.7 Å². The van der Waals surface area contributed by atoms with Crippen LogP contribution in [-0.4, -0.2) is 21.8 Å². The molecule has 0 radical (unpaired) electrons. The molecule has 178 valence electrons. The summed E-state index contributed by atoms with van der Waals surface area (Å²) < 4.78 is 14.9. The van der Waals surface area contributed by atoms with Crippen molar-refractivity contribution >= 4 is 70.3 Å². The Kier molecular flexibility index (Phi) is 7.82. The fourth-order valence-corrected chi connectivity index (χ4v) is 4.92. The van der Waals surface area contributed by atoms with Gasteiger partial charge in [-0.05, 0) is 60.2 Å². The van der Waals surface area contributed by atoms with Crippen molar-refractivity contribution in [1.82, 2.24) is 9.99 Å². The zero-order valence-corrected chi connectivity index (χ0v) is 21.0. The predicted octanol–water partition coefficient (Wildman–Crippen LogP) is 6.86. The Morgan fingerprint density at radius 1 is 1.09 bits per heavy atom. The Bertz CT molecular complexity index is 1450. The van der Waals surface area contributed by atoms with E-state index in [1.165, 1.54) is 35.0 Å². The first-order valence-corrected chi connectivity index (χ1v) is 12.1. The maximum absolute atomic E-state index is 13.2. The molecule has 0 spiro atoms. The van der Waals surface area contributed by atoms with E-state index < -0.39 is 5.82 Å². The number of aromatic hydroxyl groups is 1. The summed E-state index contributed by atoms with van der Waals surface area (Å²) in [7, 11) is 0. The molecule has 4 aromatic rings. The molecule has 6 nitrogen and oxygen atoms in total. The summed E-state index contributed by atoms with van der Waals surface area (Å²) in [5.41, 5.74) is 4.89. The SMILES string of the molecule is O=C(Cc1ccccc1Nc1c(Cl)cccc1Cl)N/N=C/c1sc(=S)n(-c2ccc(F)cc2)c1O. The zero-order valence-electron chi connectivity index (χ0n) is 17.8. The summed E-state index contributed by atoms with van der Waals surface area (Å²) in [6.45, 7) is 0. The van der Waals surface area contributed by atoms with Gasteiger partial charge < -0.3 is 10.4 Å². The molecule has 11 heteroatoms. The Labute approximate surface area is 219 Å². The molecule has 0 unspecified atom stereocenters. The van der Waals surface area contributed by atoms with Crippen LogP contribution in [-0.2, 0) is 11.2 Å². The van der Waals surface area contributed by atoms with Gasteiger partial charge in [0.15, 0.2) is 3.95 Å². The van der Waals surface area contributed by atoms with E-state index in [0.717, 1.165) is 11.3 Å². The Balaban J connectivity index is 1.45. The lowest BCUT2D eigenvalue weighted by atomic mass is 10.1. The van der Waals surface area contributed by atoms with Gasteiger partial charge in [0.05, 0.1) is 34.1 Å². The van der Waals surface area contributed by atoms with Gasteiger partial charge in [-0.3, -0.25) is 9.36 Å². The Hall–Kier alpha value is -3.24. The molecule has 0 atom stereocenters. The number of para-hydroxylation sites is 2. The first-order chi connectivity index (χ1) is 16.8. The van der Waals surface area contributed by atoms with E-state index in [9.17, 15) is 14.3 Å². The quantitative estimate of drug-likeness (QED) is 0.134. The van der Waals surface area contributed by atoms with E-state index in [-0.39, 0.29) is 18.2 Å². The second-order valence-electron chi connectivity index (χ2n) is 7.22. The molecule has 0 aliphatic rings. The van der Waals surface area contributed by atoms with Crippen molar-refractivity contribution in [2.45, 2.75) is 6.42 Å². The van der Waals surface area contributed by atoms with Gasteiger partial charge in [0.2, 0.25) is 11.8 Å². The third-order valence-electron chi connectivity index (χ3n) is 4.86. The molecule has 4 rings (SSSR count). The molecular weight excluding hydrogens is 530 g/mol. The van der Waals surface area contributed by atoms with Crippen LogP contribution in [0.15, 0.2) is 71.8 Å². The van der Waals surface area contributed by atoms with Crippen molar-refractivity contribution in [3.63, 3.8) is 0 Å². The normalized spacial score (nSPS) is 11.1. The summed E-state index contributed by atoms with van der Waals surface area (Å²) in [5.74, 6) is -0.927. The van der Waals surface area contributed by atoms with Crippen LogP contribution in [0.5, 0.6) is 5.88 Å². The monoisotopic (exact) mass is 546 g/mol. The Morgan fingerprint density at radius 3 is 2.49 bits per heavy atom. The highest BCUT2D eigenvalue weighted by molar-refractivity contribution is 7.73. The number of halogens is 3. The lowest BCUT2D eigenvalue weighted by Crippen LogP contribution is -2.20. The minimum Gasteiger partial charge on any atom is -0.493 e. The van der Waals surface area contributed by atoms with Gasteiger partial charge >= 0.3 is 0 Å². The van der Waals surface area contributed by atoms with Crippen LogP contribution in [0.4, 0.5) is 15.8 Å². The molecule has 1 heterocycles. The minimum atomic E-state index is -0.397. The van der Waals surface area contributed by atoms with Crippen LogP contribution in [0.3, 0.4) is 0 Å². The van der Waals surface area contributed by atoms with Gasteiger partial charge in [0.1, 0.15) is 10.7 Å². The number of rotatable bonds is 7. The molecule has 0 aliphatic heterocycles. The first kappa shape index (κ1) is 24.9. The zero-order chi connectivity index (χ0) is 24.9. The van der Waals surface area contributed by atoms with Crippen molar-refractivity contribution in [1.29, 1.82) is 0 Å². The number of carbonyl (C=O) groups is 1. The van der Waals surface area contributed by atoms with Gasteiger partial charge in [-0.15, -0.1) is 0 Å². The molecule has 1 amide bonds. The second kappa shape index (κ2) is 11.0. The highest BCUT2D eigenvalue weighted by Gasteiger charge is 2.13.